The Morgan fingerprint density at radius 1 is 1.35 bits per heavy atom. The summed E-state index contributed by atoms with van der Waals surface area (Å²) < 4.78 is 28.1. The summed E-state index contributed by atoms with van der Waals surface area (Å²) in [5, 5.41) is 4.17. The number of halogens is 2. The Kier molecular flexibility index (Phi) is 3.94. The Hall–Kier alpha value is -2.57. The van der Waals surface area contributed by atoms with Gasteiger partial charge in [-0.25, -0.2) is 13.5 Å². The molecule has 1 amide bonds. The Morgan fingerprint density at radius 2 is 2.13 bits per heavy atom. The zero-order valence-electron chi connectivity index (χ0n) is 12.6. The van der Waals surface area contributed by atoms with Crippen LogP contribution in [0.25, 0.3) is 0 Å². The number of benzene rings is 1. The van der Waals surface area contributed by atoms with Crippen molar-refractivity contribution < 1.29 is 13.6 Å². The van der Waals surface area contributed by atoms with Gasteiger partial charge < -0.3 is 4.90 Å². The molecule has 0 bridgehead atoms. The predicted molar refractivity (Wildman–Crippen MR) is 78.7 cm³/mol. The molecule has 0 N–H and O–H groups in total. The van der Waals surface area contributed by atoms with E-state index in [1.165, 1.54) is 27.8 Å². The highest BCUT2D eigenvalue weighted by Crippen LogP contribution is 2.18. The van der Waals surface area contributed by atoms with Crippen molar-refractivity contribution >= 4 is 5.91 Å². The van der Waals surface area contributed by atoms with Gasteiger partial charge in [-0.2, -0.15) is 5.10 Å². The first-order valence-electron chi connectivity index (χ1n) is 7.22. The van der Waals surface area contributed by atoms with Crippen LogP contribution in [0.2, 0.25) is 0 Å². The molecule has 1 aliphatic rings. The minimum absolute atomic E-state index is 0.0305. The molecule has 5 nitrogen and oxygen atoms in total. The molecule has 2 aromatic rings. The number of aryl methyl sites for hydroxylation is 1. The van der Waals surface area contributed by atoms with Crippen LogP contribution in [0.1, 0.15) is 16.8 Å². The molecule has 0 aliphatic carbocycles. The first-order chi connectivity index (χ1) is 11.0. The highest BCUT2D eigenvalue weighted by atomic mass is 19.2. The number of fused-ring (bicyclic) bond motifs is 1. The Bertz CT molecular complexity index is 833. The molecular weight excluding hydrogens is 304 g/mol. The van der Waals surface area contributed by atoms with Gasteiger partial charge in [-0.15, -0.1) is 0 Å². The lowest BCUT2D eigenvalue weighted by Crippen LogP contribution is -2.39. The summed E-state index contributed by atoms with van der Waals surface area (Å²) in [6.45, 7) is 0.697. The summed E-state index contributed by atoms with van der Waals surface area (Å²) >= 11 is 0. The van der Waals surface area contributed by atoms with Crippen molar-refractivity contribution in [2.45, 2.75) is 19.4 Å². The van der Waals surface area contributed by atoms with E-state index in [2.05, 4.69) is 5.10 Å². The average molecular weight is 319 g/mol. The molecule has 0 saturated heterocycles. The molecule has 7 heteroatoms. The van der Waals surface area contributed by atoms with Gasteiger partial charge in [0.15, 0.2) is 11.6 Å². The molecule has 0 radical (unpaired) electrons. The van der Waals surface area contributed by atoms with Crippen molar-refractivity contribution in [3.05, 3.63) is 63.1 Å². The number of aromatic nitrogens is 2. The van der Waals surface area contributed by atoms with E-state index in [1.807, 2.05) is 0 Å². The average Bonchev–Trinajstić information content (AvgIpc) is 2.52. The molecule has 3 rings (SSSR count). The molecule has 0 atom stereocenters. The number of rotatable bonds is 2. The largest absolute Gasteiger partial charge is 0.338 e. The number of nitrogens with zero attached hydrogens (tertiary/aromatic N) is 3. The second-order valence-corrected chi connectivity index (χ2v) is 5.53. The number of hydrogen-bond donors (Lipinski definition) is 0. The molecule has 0 fully saturated rings. The third kappa shape index (κ3) is 2.99. The van der Waals surface area contributed by atoms with E-state index in [4.69, 9.17) is 0 Å². The Morgan fingerprint density at radius 3 is 2.91 bits per heavy atom. The summed E-state index contributed by atoms with van der Waals surface area (Å²) in [4.78, 5) is 25.5. The third-order valence-electron chi connectivity index (χ3n) is 3.96. The predicted octanol–water partition coefficient (Wildman–Crippen LogP) is 1.19. The standard InChI is InChI=1S/C16H15F2N3O2/c1-20-14(22)8-11-9-21(6-5-13(11)19-20)15(23)7-10-3-2-4-12(17)16(10)18/h2-4,8H,5-7,9H2,1H3. The van der Waals surface area contributed by atoms with Crippen LogP contribution in [0.4, 0.5) is 8.78 Å². The van der Waals surface area contributed by atoms with Crippen molar-refractivity contribution in [3.63, 3.8) is 0 Å². The van der Waals surface area contributed by atoms with Gasteiger partial charge >= 0.3 is 0 Å². The molecule has 23 heavy (non-hydrogen) atoms. The fourth-order valence-electron chi connectivity index (χ4n) is 2.67. The molecule has 0 saturated carbocycles. The maximum Gasteiger partial charge on any atom is 0.266 e. The van der Waals surface area contributed by atoms with E-state index in [1.54, 1.807) is 7.05 Å². The summed E-state index contributed by atoms with van der Waals surface area (Å²) in [6.07, 6.45) is 0.317. The van der Waals surface area contributed by atoms with Crippen LogP contribution in [-0.4, -0.2) is 27.1 Å². The maximum absolute atomic E-state index is 13.7. The lowest BCUT2D eigenvalue weighted by atomic mass is 10.0. The summed E-state index contributed by atoms with van der Waals surface area (Å²) in [7, 11) is 1.58. The normalized spacial score (nSPS) is 13.8. The van der Waals surface area contributed by atoms with Crippen LogP contribution >= 0.6 is 0 Å². The topological polar surface area (TPSA) is 55.2 Å². The quantitative estimate of drug-likeness (QED) is 0.835. The van der Waals surface area contributed by atoms with E-state index in [0.29, 0.717) is 18.5 Å². The number of hydrogen-bond acceptors (Lipinski definition) is 3. The lowest BCUT2D eigenvalue weighted by Gasteiger charge is -2.28. The monoisotopic (exact) mass is 319 g/mol. The van der Waals surface area contributed by atoms with Gasteiger partial charge in [0.1, 0.15) is 0 Å². The summed E-state index contributed by atoms with van der Waals surface area (Å²) in [6, 6.07) is 5.25. The van der Waals surface area contributed by atoms with Crippen LogP contribution in [0, 0.1) is 11.6 Å². The van der Waals surface area contributed by atoms with Gasteiger partial charge in [-0.3, -0.25) is 9.59 Å². The van der Waals surface area contributed by atoms with Crippen LogP contribution in [0.5, 0.6) is 0 Å². The zero-order chi connectivity index (χ0) is 16.6. The maximum atomic E-state index is 13.7. The van der Waals surface area contributed by atoms with Crippen molar-refractivity contribution in [1.29, 1.82) is 0 Å². The number of carbonyl (C=O) groups is 1. The summed E-state index contributed by atoms with van der Waals surface area (Å²) in [5.74, 6) is -2.26. The van der Waals surface area contributed by atoms with Crippen LogP contribution < -0.4 is 5.56 Å². The second-order valence-electron chi connectivity index (χ2n) is 5.53. The minimum Gasteiger partial charge on any atom is -0.338 e. The third-order valence-corrected chi connectivity index (χ3v) is 3.96. The smallest absolute Gasteiger partial charge is 0.266 e. The first-order valence-corrected chi connectivity index (χ1v) is 7.22. The summed E-state index contributed by atoms with van der Waals surface area (Å²) in [5.41, 5.74) is 1.28. The van der Waals surface area contributed by atoms with Gasteiger partial charge in [-0.1, -0.05) is 12.1 Å². The molecule has 0 spiro atoms. The van der Waals surface area contributed by atoms with Crippen molar-refractivity contribution in [2.24, 2.45) is 7.05 Å². The molecule has 1 aromatic carbocycles. The van der Waals surface area contributed by atoms with Gasteiger partial charge in [0, 0.05) is 43.8 Å². The molecule has 1 aliphatic heterocycles. The molecule has 0 unspecified atom stereocenters. The van der Waals surface area contributed by atoms with E-state index in [9.17, 15) is 18.4 Å². The van der Waals surface area contributed by atoms with Crippen LogP contribution in [-0.2, 0) is 31.2 Å². The van der Waals surface area contributed by atoms with E-state index < -0.39 is 11.6 Å². The second kappa shape index (κ2) is 5.91. The van der Waals surface area contributed by atoms with E-state index in [-0.39, 0.29) is 30.0 Å². The number of carbonyl (C=O) groups excluding carboxylic acids is 1. The van der Waals surface area contributed by atoms with Crippen LogP contribution in [0.15, 0.2) is 29.1 Å². The van der Waals surface area contributed by atoms with Gasteiger partial charge in [0.05, 0.1) is 12.1 Å². The Labute approximate surface area is 131 Å². The number of amides is 1. The lowest BCUT2D eigenvalue weighted by molar-refractivity contribution is -0.131. The SMILES string of the molecule is Cn1nc2c(cc1=O)CN(C(=O)Cc1cccc(F)c1F)CC2. The highest BCUT2D eigenvalue weighted by Gasteiger charge is 2.23. The van der Waals surface area contributed by atoms with E-state index in [0.717, 1.165) is 11.8 Å². The van der Waals surface area contributed by atoms with Crippen molar-refractivity contribution in [3.8, 4) is 0 Å². The van der Waals surface area contributed by atoms with Gasteiger partial charge in [-0.05, 0) is 6.07 Å². The molecule has 120 valence electrons. The van der Waals surface area contributed by atoms with Crippen molar-refractivity contribution in [2.75, 3.05) is 6.54 Å². The first kappa shape index (κ1) is 15.3. The molecular formula is C16H15F2N3O2. The fraction of sp³-hybridized carbons (Fsp3) is 0.312. The molecule has 1 aromatic heterocycles. The highest BCUT2D eigenvalue weighted by molar-refractivity contribution is 5.79. The van der Waals surface area contributed by atoms with Crippen molar-refractivity contribution in [1.82, 2.24) is 14.7 Å². The van der Waals surface area contributed by atoms with Crippen LogP contribution in [0.3, 0.4) is 0 Å². The Balaban J connectivity index is 1.78. The minimum atomic E-state index is -0.992. The van der Waals surface area contributed by atoms with Gasteiger partial charge in [0.25, 0.3) is 5.56 Å². The molecule has 2 heterocycles. The zero-order valence-corrected chi connectivity index (χ0v) is 12.6. The van der Waals surface area contributed by atoms with E-state index >= 15 is 0 Å². The van der Waals surface area contributed by atoms with Gasteiger partial charge in [0.2, 0.25) is 5.91 Å². The fourth-order valence-corrected chi connectivity index (χ4v) is 2.67.